The summed E-state index contributed by atoms with van der Waals surface area (Å²) in [6.07, 6.45) is 0.709. The highest BCUT2D eigenvalue weighted by molar-refractivity contribution is 6.90. The van der Waals surface area contributed by atoms with Gasteiger partial charge in [0, 0.05) is 19.8 Å². The van der Waals surface area contributed by atoms with Crippen LogP contribution in [0.4, 0.5) is 0 Å². The lowest BCUT2D eigenvalue weighted by molar-refractivity contribution is -0.0122. The van der Waals surface area contributed by atoms with Crippen LogP contribution in [0.2, 0.25) is 98.2 Å². The lowest BCUT2D eigenvalue weighted by atomic mass is 10.3. The third kappa shape index (κ3) is 15.3. The van der Waals surface area contributed by atoms with E-state index in [1.54, 1.807) is 0 Å². The summed E-state index contributed by atoms with van der Waals surface area (Å²) in [6.45, 7) is 47.8. The van der Waals surface area contributed by atoms with Gasteiger partial charge in [0.25, 0.3) is 0 Å². The van der Waals surface area contributed by atoms with Crippen LogP contribution in [-0.4, -0.2) is 98.5 Å². The monoisotopic (exact) mass is 794 g/mol. The molecule has 0 aromatic rings. The molecule has 0 rings (SSSR count). The summed E-state index contributed by atoms with van der Waals surface area (Å²) >= 11 is 0. The van der Waals surface area contributed by atoms with E-state index in [0.29, 0.717) is 26.2 Å². The third-order valence-corrected chi connectivity index (χ3v) is 33.8. The molecule has 1 unspecified atom stereocenters. The quantitative estimate of drug-likeness (QED) is 0.0936. The van der Waals surface area contributed by atoms with Crippen molar-refractivity contribution in [3.63, 3.8) is 0 Å². The first kappa shape index (κ1) is 47.3. The van der Waals surface area contributed by atoms with Crippen molar-refractivity contribution in [1.29, 1.82) is 0 Å². The summed E-state index contributed by atoms with van der Waals surface area (Å²) in [6, 6.07) is 0. The predicted octanol–water partition coefficient (Wildman–Crippen LogP) is 8.73. The Kier molecular flexibility index (Phi) is 17.3. The molecular formula is C28H74O10Si8. The summed E-state index contributed by atoms with van der Waals surface area (Å²) in [7, 11) is -21.6. The molecule has 1 atom stereocenters. The van der Waals surface area contributed by atoms with Gasteiger partial charge in [0.15, 0.2) is 25.0 Å². The molecule has 0 saturated carbocycles. The van der Waals surface area contributed by atoms with Crippen molar-refractivity contribution < 1.29 is 42.7 Å². The maximum absolute atomic E-state index is 7.27. The van der Waals surface area contributed by atoms with E-state index in [-0.39, 0.29) is 0 Å². The maximum atomic E-state index is 7.27. The molecule has 0 heterocycles. The fourth-order valence-electron chi connectivity index (χ4n) is 5.40. The Labute approximate surface area is 293 Å². The third-order valence-electron chi connectivity index (χ3n) is 6.83. The first-order chi connectivity index (χ1) is 20.2. The van der Waals surface area contributed by atoms with E-state index in [9.17, 15) is 0 Å². The van der Waals surface area contributed by atoms with E-state index in [0.717, 1.165) is 0 Å². The number of hydrogen-bond acceptors (Lipinski definition) is 10. The Hall–Kier alpha value is 1.34. The highest BCUT2D eigenvalue weighted by Gasteiger charge is 2.62. The zero-order valence-corrected chi connectivity index (χ0v) is 41.9. The average molecular weight is 796 g/mol. The Bertz CT molecular complexity index is 875. The number of rotatable bonds is 23. The lowest BCUT2D eigenvalue weighted by Crippen LogP contribution is -2.71. The minimum absolute atomic E-state index is 0.468. The van der Waals surface area contributed by atoms with E-state index in [1.807, 2.05) is 34.6 Å². The van der Waals surface area contributed by atoms with Crippen molar-refractivity contribution in [3.05, 3.63) is 0 Å². The largest absolute Gasteiger partial charge is 0.647 e. The second-order valence-electron chi connectivity index (χ2n) is 16.8. The van der Waals surface area contributed by atoms with Crippen molar-refractivity contribution in [2.45, 2.75) is 164 Å². The normalized spacial score (nSPS) is 16.6. The summed E-state index contributed by atoms with van der Waals surface area (Å²) in [5, 5.41) is -1.51. The molecule has 0 saturated heterocycles. The first-order valence-electron chi connectivity index (χ1n) is 17.0. The average Bonchev–Trinajstić information content (AvgIpc) is 2.72. The summed E-state index contributed by atoms with van der Waals surface area (Å²) in [5.41, 5.74) is 0. The molecule has 0 aromatic carbocycles. The van der Waals surface area contributed by atoms with E-state index in [4.69, 9.17) is 42.7 Å². The molecule has 10 nitrogen and oxygen atoms in total. The van der Waals surface area contributed by atoms with Crippen LogP contribution in [0.1, 0.15) is 54.9 Å². The van der Waals surface area contributed by atoms with E-state index in [2.05, 4.69) is 112 Å². The molecule has 0 amide bonds. The van der Waals surface area contributed by atoms with E-state index < -0.39 is 78.7 Å². The van der Waals surface area contributed by atoms with Crippen LogP contribution in [0.15, 0.2) is 0 Å². The number of hydrogen-bond donors (Lipinski definition) is 0. The highest BCUT2D eigenvalue weighted by Crippen LogP contribution is 2.39. The second kappa shape index (κ2) is 16.8. The van der Waals surface area contributed by atoms with Gasteiger partial charge in [-0.05, 0) is 146 Å². The SMILES string of the molecule is CCO[Si](OCC)(OCC)C(C)(C)O[Si](C)(C)O[Si](C)(C)O[Si](C)(C)C(C)(CC)O[Si](O[Si](C)(C)C)(O[Si](C)(C)C)O[Si](C)(C)C. The molecular weight excluding hydrogens is 721 g/mol. The van der Waals surface area contributed by atoms with Gasteiger partial charge in [-0.3, -0.25) is 0 Å². The molecule has 46 heavy (non-hydrogen) atoms. The summed E-state index contributed by atoms with van der Waals surface area (Å²) in [5.74, 6) is 0. The van der Waals surface area contributed by atoms with Crippen LogP contribution in [-0.2, 0) is 42.7 Å². The van der Waals surface area contributed by atoms with Gasteiger partial charge in [-0.15, -0.1) is 0 Å². The molecule has 0 bridgehead atoms. The molecule has 0 aromatic heterocycles. The lowest BCUT2D eigenvalue weighted by Gasteiger charge is -2.51. The highest BCUT2D eigenvalue weighted by atomic mass is 28.5. The second-order valence-corrected chi connectivity index (χ2v) is 47.8. The molecule has 0 aliphatic rings. The van der Waals surface area contributed by atoms with Crippen LogP contribution in [0.25, 0.3) is 0 Å². The van der Waals surface area contributed by atoms with Gasteiger partial charge in [-0.2, -0.15) is 0 Å². The molecule has 18 heteroatoms. The van der Waals surface area contributed by atoms with Crippen molar-refractivity contribution in [2.24, 2.45) is 0 Å². The van der Waals surface area contributed by atoms with Crippen LogP contribution in [0.3, 0.4) is 0 Å². The fourth-order valence-corrected chi connectivity index (χ4v) is 35.5. The van der Waals surface area contributed by atoms with Crippen LogP contribution < -0.4 is 0 Å². The minimum atomic E-state index is -3.61. The van der Waals surface area contributed by atoms with Crippen molar-refractivity contribution in [2.75, 3.05) is 19.8 Å². The maximum Gasteiger partial charge on any atom is 0.647 e. The van der Waals surface area contributed by atoms with E-state index in [1.165, 1.54) is 0 Å². The van der Waals surface area contributed by atoms with Crippen LogP contribution in [0, 0.1) is 0 Å². The van der Waals surface area contributed by atoms with Crippen molar-refractivity contribution in [3.8, 4) is 0 Å². The smallest absolute Gasteiger partial charge is 0.434 e. The Morgan fingerprint density at radius 1 is 0.435 bits per heavy atom. The molecule has 0 fully saturated rings. The Morgan fingerprint density at radius 2 is 0.783 bits per heavy atom. The Balaban J connectivity index is 6.61. The van der Waals surface area contributed by atoms with Crippen LogP contribution in [0.5, 0.6) is 0 Å². The zero-order chi connectivity index (χ0) is 36.9. The van der Waals surface area contributed by atoms with Crippen LogP contribution >= 0.6 is 0 Å². The van der Waals surface area contributed by atoms with Gasteiger partial charge in [0.1, 0.15) is 5.22 Å². The zero-order valence-electron chi connectivity index (χ0n) is 33.9. The first-order valence-corrected chi connectivity index (χ1v) is 39.1. The molecule has 278 valence electrons. The summed E-state index contributed by atoms with van der Waals surface area (Å²) in [4.78, 5) is 0. The van der Waals surface area contributed by atoms with Gasteiger partial charge < -0.3 is 42.7 Å². The van der Waals surface area contributed by atoms with Crippen molar-refractivity contribution in [1.82, 2.24) is 0 Å². The van der Waals surface area contributed by atoms with Gasteiger partial charge in [-0.1, -0.05) is 6.92 Å². The standard InChI is InChI=1S/C28H74O10Si8/c1-23-28(7,33-46(34-39(8,9)10,35-40(11,12)13)36-41(14,15)16)42(17,18)37-44(21,22)38-43(19,20)32-27(5,6)45(29-24-2,30-25-3)31-26-4/h23-26H2,1-22H3. The van der Waals surface area contributed by atoms with Crippen molar-refractivity contribution >= 4 is 68.2 Å². The van der Waals surface area contributed by atoms with Gasteiger partial charge in [0.2, 0.25) is 8.32 Å². The minimum Gasteiger partial charge on any atom is -0.434 e. The molecule has 0 aliphatic heterocycles. The fraction of sp³-hybridized carbons (Fsp3) is 1.00. The Morgan fingerprint density at radius 3 is 1.07 bits per heavy atom. The molecule has 0 spiro atoms. The molecule has 0 radical (unpaired) electrons. The van der Waals surface area contributed by atoms with Gasteiger partial charge in [0.05, 0.1) is 5.22 Å². The molecule has 0 N–H and O–H groups in total. The predicted molar refractivity (Wildman–Crippen MR) is 209 cm³/mol. The summed E-state index contributed by atoms with van der Waals surface area (Å²) < 4.78 is 67.7. The van der Waals surface area contributed by atoms with Gasteiger partial charge in [-0.25, -0.2) is 0 Å². The van der Waals surface area contributed by atoms with E-state index >= 15 is 0 Å². The topological polar surface area (TPSA) is 92.3 Å². The van der Waals surface area contributed by atoms with Gasteiger partial charge >= 0.3 is 35.0 Å². The molecule has 0 aliphatic carbocycles.